The Morgan fingerprint density at radius 3 is 2.68 bits per heavy atom. The van der Waals surface area contributed by atoms with Crippen molar-refractivity contribution in [2.24, 2.45) is 0 Å². The molecule has 3 heteroatoms. The van der Waals surface area contributed by atoms with Gasteiger partial charge in [0.2, 0.25) is 0 Å². The molecule has 2 aromatic heterocycles. The van der Waals surface area contributed by atoms with Crippen molar-refractivity contribution in [2.45, 2.75) is 20.0 Å². The maximum Gasteiger partial charge on any atom is 0.107 e. The number of fused-ring (bicyclic) bond motifs is 1. The molecule has 1 atom stereocenters. The number of rotatable bonds is 2. The molecule has 0 bridgehead atoms. The number of benzene rings is 1. The molecule has 0 saturated carbocycles. The van der Waals surface area contributed by atoms with Crippen LogP contribution in [0.3, 0.4) is 0 Å². The number of nitrogens with zero attached hydrogens (tertiary/aromatic N) is 1. The van der Waals surface area contributed by atoms with Crippen LogP contribution in [0.5, 0.6) is 0 Å². The number of hydrogen-bond donors (Lipinski definition) is 1. The lowest BCUT2D eigenvalue weighted by atomic mass is 10.0. The van der Waals surface area contributed by atoms with Gasteiger partial charge in [-0.05, 0) is 43.7 Å². The molecule has 0 aliphatic carbocycles. The van der Waals surface area contributed by atoms with Crippen LogP contribution >= 0.6 is 0 Å². The third-order valence-corrected chi connectivity index (χ3v) is 3.36. The summed E-state index contributed by atoms with van der Waals surface area (Å²) in [5.41, 5.74) is 3.59. The molecule has 0 amide bonds. The topological polar surface area (TPSA) is 46.3 Å². The van der Waals surface area contributed by atoms with Crippen molar-refractivity contribution < 1.29 is 9.52 Å². The first-order valence-electron chi connectivity index (χ1n) is 6.24. The molecule has 3 rings (SSSR count). The van der Waals surface area contributed by atoms with Crippen molar-refractivity contribution in [2.75, 3.05) is 0 Å². The third kappa shape index (κ3) is 2.13. The predicted molar refractivity (Wildman–Crippen MR) is 74.0 cm³/mol. The molecule has 3 nitrogen and oxygen atoms in total. The summed E-state index contributed by atoms with van der Waals surface area (Å²) in [5.74, 6) is 0.745. The molecule has 1 aromatic carbocycles. The van der Waals surface area contributed by atoms with E-state index < -0.39 is 6.10 Å². The highest BCUT2D eigenvalue weighted by atomic mass is 16.3. The Balaban J connectivity index is 2.06. The molecule has 0 fully saturated rings. The standard InChI is InChI=1S/C16H15NO2/c1-10-3-4-12-9-13(5-6-15(12)17-10)16(18)14-7-8-19-11(14)2/h3-9,16,18H,1-2H3. The van der Waals surface area contributed by atoms with Crippen LogP contribution in [0.15, 0.2) is 47.1 Å². The summed E-state index contributed by atoms with van der Waals surface area (Å²) in [4.78, 5) is 4.46. The molecule has 0 aliphatic rings. The van der Waals surface area contributed by atoms with E-state index in [0.717, 1.165) is 33.5 Å². The van der Waals surface area contributed by atoms with Gasteiger partial charge in [0.25, 0.3) is 0 Å². The largest absolute Gasteiger partial charge is 0.469 e. The van der Waals surface area contributed by atoms with Crippen LogP contribution in [0, 0.1) is 13.8 Å². The number of aliphatic hydroxyl groups is 1. The molecule has 0 saturated heterocycles. The van der Waals surface area contributed by atoms with Crippen molar-refractivity contribution in [1.82, 2.24) is 4.98 Å². The molecule has 3 aromatic rings. The van der Waals surface area contributed by atoms with Gasteiger partial charge >= 0.3 is 0 Å². The SMILES string of the molecule is Cc1ccc2cc(C(O)c3ccoc3C)ccc2n1. The smallest absolute Gasteiger partial charge is 0.107 e. The first-order chi connectivity index (χ1) is 9.15. The summed E-state index contributed by atoms with van der Waals surface area (Å²) in [7, 11) is 0. The van der Waals surface area contributed by atoms with Gasteiger partial charge in [0, 0.05) is 16.6 Å². The number of aryl methyl sites for hydroxylation is 2. The Morgan fingerprint density at radius 1 is 1.11 bits per heavy atom. The summed E-state index contributed by atoms with van der Waals surface area (Å²) < 4.78 is 5.24. The lowest BCUT2D eigenvalue weighted by Crippen LogP contribution is -2.00. The zero-order valence-electron chi connectivity index (χ0n) is 10.9. The summed E-state index contributed by atoms with van der Waals surface area (Å²) >= 11 is 0. The van der Waals surface area contributed by atoms with E-state index in [1.54, 1.807) is 12.3 Å². The van der Waals surface area contributed by atoms with Crippen molar-refractivity contribution >= 4 is 10.9 Å². The normalized spacial score (nSPS) is 12.8. The van der Waals surface area contributed by atoms with Crippen molar-refractivity contribution in [3.63, 3.8) is 0 Å². The van der Waals surface area contributed by atoms with Gasteiger partial charge in [-0.15, -0.1) is 0 Å². The van der Waals surface area contributed by atoms with E-state index in [2.05, 4.69) is 4.98 Å². The Bertz CT molecular complexity index is 730. The van der Waals surface area contributed by atoms with Crippen molar-refractivity contribution in [1.29, 1.82) is 0 Å². The van der Waals surface area contributed by atoms with Crippen LogP contribution in [0.1, 0.15) is 28.7 Å². The second-order valence-electron chi connectivity index (χ2n) is 4.74. The number of hydrogen-bond acceptors (Lipinski definition) is 3. The van der Waals surface area contributed by atoms with Gasteiger partial charge in [0.05, 0.1) is 11.8 Å². The monoisotopic (exact) mass is 253 g/mol. The lowest BCUT2D eigenvalue weighted by Gasteiger charge is -2.11. The Labute approximate surface area is 111 Å². The first-order valence-corrected chi connectivity index (χ1v) is 6.24. The Kier molecular flexibility index (Phi) is 2.84. The maximum absolute atomic E-state index is 10.4. The van der Waals surface area contributed by atoms with Gasteiger partial charge in [-0.2, -0.15) is 0 Å². The minimum Gasteiger partial charge on any atom is -0.469 e. The van der Waals surface area contributed by atoms with Crippen LogP contribution in [0.4, 0.5) is 0 Å². The Morgan fingerprint density at radius 2 is 1.95 bits per heavy atom. The maximum atomic E-state index is 10.4. The predicted octanol–water partition coefficient (Wildman–Crippen LogP) is 3.53. The quantitative estimate of drug-likeness (QED) is 0.760. The van der Waals surface area contributed by atoms with E-state index in [1.807, 2.05) is 44.2 Å². The third-order valence-electron chi connectivity index (χ3n) is 3.36. The van der Waals surface area contributed by atoms with Gasteiger partial charge < -0.3 is 9.52 Å². The molecule has 0 radical (unpaired) electrons. The van der Waals surface area contributed by atoms with E-state index in [-0.39, 0.29) is 0 Å². The number of pyridine rings is 1. The molecule has 96 valence electrons. The van der Waals surface area contributed by atoms with Crippen molar-refractivity contribution in [3.8, 4) is 0 Å². The summed E-state index contributed by atoms with van der Waals surface area (Å²) in [6.07, 6.45) is 0.935. The average molecular weight is 253 g/mol. The van der Waals surface area contributed by atoms with Crippen LogP contribution in [-0.4, -0.2) is 10.1 Å². The molecule has 2 heterocycles. The average Bonchev–Trinajstić information content (AvgIpc) is 2.83. The van der Waals surface area contributed by atoms with E-state index >= 15 is 0 Å². The zero-order valence-corrected chi connectivity index (χ0v) is 10.9. The van der Waals surface area contributed by atoms with Crippen molar-refractivity contribution in [3.05, 3.63) is 65.2 Å². The van der Waals surface area contributed by atoms with E-state index in [0.29, 0.717) is 0 Å². The molecule has 1 N–H and O–H groups in total. The molecule has 1 unspecified atom stereocenters. The summed E-state index contributed by atoms with van der Waals surface area (Å²) in [6.45, 7) is 3.82. The first kappa shape index (κ1) is 11.9. The summed E-state index contributed by atoms with van der Waals surface area (Å²) in [5, 5.41) is 11.4. The summed E-state index contributed by atoms with van der Waals surface area (Å²) in [6, 6.07) is 11.6. The van der Waals surface area contributed by atoms with Crippen LogP contribution in [0.25, 0.3) is 10.9 Å². The molecular weight excluding hydrogens is 238 g/mol. The van der Waals surface area contributed by atoms with Crippen LogP contribution < -0.4 is 0 Å². The van der Waals surface area contributed by atoms with Gasteiger partial charge in [0.15, 0.2) is 0 Å². The lowest BCUT2D eigenvalue weighted by molar-refractivity contribution is 0.218. The number of furan rings is 1. The highest BCUT2D eigenvalue weighted by molar-refractivity contribution is 5.79. The van der Waals surface area contributed by atoms with Gasteiger partial charge in [-0.3, -0.25) is 4.98 Å². The van der Waals surface area contributed by atoms with Crippen LogP contribution in [0.2, 0.25) is 0 Å². The molecule has 0 aliphatic heterocycles. The van der Waals surface area contributed by atoms with Gasteiger partial charge in [-0.25, -0.2) is 0 Å². The van der Waals surface area contributed by atoms with Gasteiger partial charge in [-0.1, -0.05) is 12.1 Å². The molecule has 0 spiro atoms. The van der Waals surface area contributed by atoms with E-state index in [4.69, 9.17) is 4.42 Å². The molecule has 19 heavy (non-hydrogen) atoms. The zero-order chi connectivity index (χ0) is 13.4. The van der Waals surface area contributed by atoms with Gasteiger partial charge in [0.1, 0.15) is 11.9 Å². The second kappa shape index (κ2) is 4.52. The fraction of sp³-hybridized carbons (Fsp3) is 0.188. The molecular formula is C16H15NO2. The minimum absolute atomic E-state index is 0.663. The van der Waals surface area contributed by atoms with Crippen LogP contribution in [-0.2, 0) is 0 Å². The fourth-order valence-corrected chi connectivity index (χ4v) is 2.27. The van der Waals surface area contributed by atoms with E-state index in [9.17, 15) is 5.11 Å². The minimum atomic E-state index is -0.663. The highest BCUT2D eigenvalue weighted by Gasteiger charge is 2.15. The highest BCUT2D eigenvalue weighted by Crippen LogP contribution is 2.27. The second-order valence-corrected chi connectivity index (χ2v) is 4.74. The van der Waals surface area contributed by atoms with E-state index in [1.165, 1.54) is 0 Å². The number of aromatic nitrogens is 1. The Hall–Kier alpha value is -2.13. The number of aliphatic hydroxyl groups excluding tert-OH is 1. The fourth-order valence-electron chi connectivity index (χ4n) is 2.27.